The summed E-state index contributed by atoms with van der Waals surface area (Å²) in [6.07, 6.45) is 1.53. The SMILES string of the molecule is COc1ccc(C2(C)CCOCC2)cc1S(=O)(=O)NC(=O)c1ccc2c(-c3cc(N)n(C)n3)ccc(C)c2n1. The predicted molar refractivity (Wildman–Crippen MR) is 148 cm³/mol. The van der Waals surface area contributed by atoms with Crippen LogP contribution in [0.2, 0.25) is 0 Å². The first kappa shape index (κ1) is 26.6. The quantitative estimate of drug-likeness (QED) is 0.371. The molecule has 2 aromatic carbocycles. The van der Waals surface area contributed by atoms with Crippen LogP contribution in [-0.2, 0) is 27.2 Å². The lowest BCUT2D eigenvalue weighted by molar-refractivity contribution is 0.0563. The Bertz CT molecular complexity index is 1670. The zero-order valence-corrected chi connectivity index (χ0v) is 23.1. The summed E-state index contributed by atoms with van der Waals surface area (Å²) in [4.78, 5) is 17.6. The average Bonchev–Trinajstić information content (AvgIpc) is 3.26. The summed E-state index contributed by atoms with van der Waals surface area (Å²) in [6.45, 7) is 5.16. The Morgan fingerprint density at radius 1 is 1.13 bits per heavy atom. The highest BCUT2D eigenvalue weighted by molar-refractivity contribution is 7.90. The van der Waals surface area contributed by atoms with E-state index < -0.39 is 15.9 Å². The molecule has 11 heteroatoms. The number of anilines is 1. The molecule has 204 valence electrons. The maximum atomic E-state index is 13.5. The molecule has 4 aromatic rings. The number of methoxy groups -OCH3 is 1. The van der Waals surface area contributed by atoms with Crippen molar-refractivity contribution in [3.63, 3.8) is 0 Å². The number of sulfonamides is 1. The molecule has 10 nitrogen and oxygen atoms in total. The molecule has 39 heavy (non-hydrogen) atoms. The minimum Gasteiger partial charge on any atom is -0.495 e. The van der Waals surface area contributed by atoms with Gasteiger partial charge in [-0.25, -0.2) is 18.1 Å². The van der Waals surface area contributed by atoms with Crippen LogP contribution in [0.15, 0.2) is 53.4 Å². The highest BCUT2D eigenvalue weighted by Crippen LogP contribution is 2.37. The fourth-order valence-electron chi connectivity index (χ4n) is 4.92. The number of carbonyl (C=O) groups is 1. The van der Waals surface area contributed by atoms with E-state index in [1.165, 1.54) is 13.2 Å². The number of nitrogens with two attached hydrogens (primary N) is 1. The Kier molecular flexibility index (Phi) is 6.81. The van der Waals surface area contributed by atoms with Gasteiger partial charge in [0, 0.05) is 37.3 Å². The topological polar surface area (TPSA) is 138 Å². The summed E-state index contributed by atoms with van der Waals surface area (Å²) in [5, 5.41) is 5.22. The zero-order valence-electron chi connectivity index (χ0n) is 22.3. The van der Waals surface area contributed by atoms with Crippen LogP contribution in [0.1, 0.15) is 41.4 Å². The maximum Gasteiger partial charge on any atom is 0.283 e. The van der Waals surface area contributed by atoms with Crippen LogP contribution in [0.5, 0.6) is 5.75 Å². The van der Waals surface area contributed by atoms with Crippen molar-refractivity contribution in [2.75, 3.05) is 26.1 Å². The number of amides is 1. The van der Waals surface area contributed by atoms with E-state index in [0.717, 1.165) is 34.9 Å². The molecule has 0 aliphatic carbocycles. The molecular formula is C28H31N5O5S. The van der Waals surface area contributed by atoms with Crippen molar-refractivity contribution in [1.82, 2.24) is 19.5 Å². The Balaban J connectivity index is 1.48. The van der Waals surface area contributed by atoms with Crippen LogP contribution in [-0.4, -0.2) is 49.4 Å². The number of benzene rings is 2. The van der Waals surface area contributed by atoms with E-state index in [4.69, 9.17) is 15.2 Å². The van der Waals surface area contributed by atoms with Crippen LogP contribution in [0.25, 0.3) is 22.2 Å². The minimum absolute atomic E-state index is 0.0293. The molecule has 1 amide bonds. The molecule has 0 spiro atoms. The molecule has 1 aliphatic heterocycles. The summed E-state index contributed by atoms with van der Waals surface area (Å²) >= 11 is 0. The molecule has 5 rings (SSSR count). The summed E-state index contributed by atoms with van der Waals surface area (Å²) in [7, 11) is -1.13. The van der Waals surface area contributed by atoms with Gasteiger partial charge in [0.25, 0.3) is 15.9 Å². The highest BCUT2D eigenvalue weighted by atomic mass is 32.2. The van der Waals surface area contributed by atoms with E-state index in [-0.39, 0.29) is 21.8 Å². The second kappa shape index (κ2) is 9.97. The van der Waals surface area contributed by atoms with E-state index in [1.54, 1.807) is 36.0 Å². The molecule has 0 radical (unpaired) electrons. The third-order valence-corrected chi connectivity index (χ3v) is 8.81. The lowest BCUT2D eigenvalue weighted by atomic mass is 9.76. The molecule has 0 bridgehead atoms. The zero-order chi connectivity index (χ0) is 27.9. The maximum absolute atomic E-state index is 13.5. The van der Waals surface area contributed by atoms with Gasteiger partial charge in [-0.15, -0.1) is 0 Å². The smallest absolute Gasteiger partial charge is 0.283 e. The third-order valence-electron chi connectivity index (χ3n) is 7.46. The van der Waals surface area contributed by atoms with E-state index in [2.05, 4.69) is 21.7 Å². The molecule has 0 atom stereocenters. The Labute approximate surface area is 227 Å². The van der Waals surface area contributed by atoms with Gasteiger partial charge in [-0.05, 0) is 60.6 Å². The first-order valence-electron chi connectivity index (χ1n) is 12.6. The Morgan fingerprint density at radius 3 is 2.54 bits per heavy atom. The number of fused-ring (bicyclic) bond motifs is 1. The van der Waals surface area contributed by atoms with Gasteiger partial charge in [-0.1, -0.05) is 25.1 Å². The number of aryl methyl sites for hydroxylation is 2. The van der Waals surface area contributed by atoms with Crippen LogP contribution < -0.4 is 15.2 Å². The number of rotatable bonds is 6. The number of nitrogens with one attached hydrogen (secondary N) is 1. The molecule has 1 aliphatic rings. The van der Waals surface area contributed by atoms with Crippen LogP contribution >= 0.6 is 0 Å². The first-order chi connectivity index (χ1) is 18.5. The van der Waals surface area contributed by atoms with Crippen molar-refractivity contribution in [1.29, 1.82) is 0 Å². The van der Waals surface area contributed by atoms with Crippen molar-refractivity contribution in [3.05, 3.63) is 65.4 Å². The van der Waals surface area contributed by atoms with Gasteiger partial charge in [0.2, 0.25) is 0 Å². The fraction of sp³-hybridized carbons (Fsp3) is 0.321. The van der Waals surface area contributed by atoms with Gasteiger partial charge in [0.1, 0.15) is 22.2 Å². The van der Waals surface area contributed by atoms with Crippen LogP contribution in [0, 0.1) is 6.92 Å². The van der Waals surface area contributed by atoms with Crippen LogP contribution in [0.3, 0.4) is 0 Å². The van der Waals surface area contributed by atoms with Crippen molar-refractivity contribution >= 4 is 32.7 Å². The Hall–Kier alpha value is -3.96. The monoisotopic (exact) mass is 549 g/mol. The number of ether oxygens (including phenoxy) is 2. The van der Waals surface area contributed by atoms with Crippen molar-refractivity contribution < 1.29 is 22.7 Å². The van der Waals surface area contributed by atoms with E-state index in [9.17, 15) is 13.2 Å². The molecule has 1 saturated heterocycles. The largest absolute Gasteiger partial charge is 0.495 e. The number of nitrogen functional groups attached to an aromatic ring is 1. The van der Waals surface area contributed by atoms with Gasteiger partial charge in [-0.3, -0.25) is 9.48 Å². The molecule has 3 heterocycles. The van der Waals surface area contributed by atoms with Gasteiger partial charge < -0.3 is 15.2 Å². The molecule has 2 aromatic heterocycles. The average molecular weight is 550 g/mol. The minimum atomic E-state index is -4.28. The number of nitrogens with zero attached hydrogens (tertiary/aromatic N) is 3. The number of carbonyl (C=O) groups excluding carboxylic acids is 1. The molecule has 3 N–H and O–H groups in total. The second-order valence-corrected chi connectivity index (χ2v) is 11.7. The number of pyridine rings is 1. The number of hydrogen-bond donors (Lipinski definition) is 2. The summed E-state index contributed by atoms with van der Waals surface area (Å²) in [5.74, 6) is -0.178. The van der Waals surface area contributed by atoms with Gasteiger partial charge in [0.15, 0.2) is 0 Å². The van der Waals surface area contributed by atoms with Gasteiger partial charge in [0.05, 0.1) is 18.3 Å². The summed E-state index contributed by atoms with van der Waals surface area (Å²) < 4.78 is 41.5. The molecule has 0 saturated carbocycles. The second-order valence-electron chi connectivity index (χ2n) is 10.1. The predicted octanol–water partition coefficient (Wildman–Crippen LogP) is 3.72. The molecular weight excluding hydrogens is 518 g/mol. The van der Waals surface area contributed by atoms with Gasteiger partial charge in [-0.2, -0.15) is 5.10 Å². The lowest BCUT2D eigenvalue weighted by Crippen LogP contribution is -2.33. The van der Waals surface area contributed by atoms with Crippen molar-refractivity contribution in [3.8, 4) is 17.0 Å². The summed E-state index contributed by atoms with van der Waals surface area (Å²) in [6, 6.07) is 13.9. The van der Waals surface area contributed by atoms with E-state index in [1.807, 2.05) is 25.1 Å². The van der Waals surface area contributed by atoms with Crippen molar-refractivity contribution in [2.45, 2.75) is 37.0 Å². The van der Waals surface area contributed by atoms with Gasteiger partial charge >= 0.3 is 0 Å². The normalized spacial score (nSPS) is 15.3. The summed E-state index contributed by atoms with van der Waals surface area (Å²) in [5.41, 5.74) is 9.41. The standard InChI is InChI=1S/C28H31N5O5S/c1-17-5-7-19(22-16-25(29)33(3)31-22)20-8-9-21(30-26(17)20)27(34)32-39(35,36)24-15-18(6-10-23(24)37-4)28(2)11-13-38-14-12-28/h5-10,15-16H,11-14,29H2,1-4H3,(H,32,34). The third kappa shape index (κ3) is 4.95. The number of hydrogen-bond acceptors (Lipinski definition) is 8. The van der Waals surface area contributed by atoms with Crippen molar-refractivity contribution in [2.24, 2.45) is 7.05 Å². The lowest BCUT2D eigenvalue weighted by Gasteiger charge is -2.34. The highest BCUT2D eigenvalue weighted by Gasteiger charge is 2.32. The first-order valence-corrected chi connectivity index (χ1v) is 14.0. The van der Waals surface area contributed by atoms with E-state index >= 15 is 0 Å². The molecule has 0 unspecified atom stereocenters. The number of aromatic nitrogens is 3. The molecule has 1 fully saturated rings. The van der Waals surface area contributed by atoms with E-state index in [0.29, 0.717) is 30.2 Å². The van der Waals surface area contributed by atoms with Crippen LogP contribution in [0.4, 0.5) is 5.82 Å². The fourth-order valence-corrected chi connectivity index (χ4v) is 6.08. The Morgan fingerprint density at radius 2 is 1.87 bits per heavy atom.